The number of rotatable bonds is 3. The molecule has 1 aromatic carbocycles. The highest BCUT2D eigenvalue weighted by Gasteiger charge is 2.33. The smallest absolute Gasteiger partial charge is 0.305 e. The minimum absolute atomic E-state index is 0.0229. The summed E-state index contributed by atoms with van der Waals surface area (Å²) in [4.78, 5) is 24.4. The Kier molecular flexibility index (Phi) is 3.34. The monoisotopic (exact) mass is 248 g/mol. The number of nitrogens with zero attached hydrogens (tertiary/aromatic N) is 1. The third-order valence-electron chi connectivity index (χ3n) is 3.16. The molecule has 2 unspecified atom stereocenters. The average Bonchev–Trinajstić information content (AvgIpc) is 2.63. The molecule has 1 aliphatic heterocycles. The van der Waals surface area contributed by atoms with Crippen molar-refractivity contribution in [1.29, 1.82) is 0 Å². The molecular formula is C13H16N2O3. The SMILES string of the molecule is CC1Cc2ccccc2N1C(=O)C(N)CC(=O)O. The Balaban J connectivity index is 2.23. The first kappa shape index (κ1) is 12.6. The number of carbonyl (C=O) groups is 2. The molecule has 0 aliphatic carbocycles. The van der Waals surface area contributed by atoms with E-state index in [0.717, 1.165) is 17.7 Å². The Morgan fingerprint density at radius 3 is 2.83 bits per heavy atom. The molecule has 18 heavy (non-hydrogen) atoms. The Labute approximate surface area is 105 Å². The lowest BCUT2D eigenvalue weighted by atomic mass is 10.1. The molecule has 0 bridgehead atoms. The summed E-state index contributed by atoms with van der Waals surface area (Å²) in [6, 6.07) is 6.66. The molecule has 1 heterocycles. The number of hydrogen-bond acceptors (Lipinski definition) is 3. The van der Waals surface area contributed by atoms with Gasteiger partial charge >= 0.3 is 5.97 Å². The zero-order chi connectivity index (χ0) is 13.3. The van der Waals surface area contributed by atoms with Gasteiger partial charge in [0.25, 0.3) is 0 Å². The number of carboxylic acid groups (broad SMARTS) is 1. The van der Waals surface area contributed by atoms with Crippen LogP contribution in [0.4, 0.5) is 5.69 Å². The fraction of sp³-hybridized carbons (Fsp3) is 0.385. The number of nitrogens with two attached hydrogens (primary N) is 1. The molecule has 0 radical (unpaired) electrons. The summed E-state index contributed by atoms with van der Waals surface area (Å²) in [6.45, 7) is 1.94. The quantitative estimate of drug-likeness (QED) is 0.827. The Morgan fingerprint density at radius 1 is 1.50 bits per heavy atom. The van der Waals surface area contributed by atoms with Crippen LogP contribution in [0.15, 0.2) is 24.3 Å². The zero-order valence-corrected chi connectivity index (χ0v) is 10.2. The third kappa shape index (κ3) is 2.22. The lowest BCUT2D eigenvalue weighted by Gasteiger charge is -2.25. The summed E-state index contributed by atoms with van der Waals surface area (Å²) in [5.41, 5.74) is 7.59. The van der Waals surface area contributed by atoms with Crippen LogP contribution in [0.25, 0.3) is 0 Å². The second-order valence-corrected chi connectivity index (χ2v) is 4.59. The van der Waals surface area contributed by atoms with Crippen molar-refractivity contribution in [2.45, 2.75) is 31.8 Å². The van der Waals surface area contributed by atoms with Gasteiger partial charge in [-0.25, -0.2) is 0 Å². The summed E-state index contributed by atoms with van der Waals surface area (Å²) in [5.74, 6) is -1.38. The molecular weight excluding hydrogens is 232 g/mol. The van der Waals surface area contributed by atoms with E-state index in [2.05, 4.69) is 0 Å². The van der Waals surface area contributed by atoms with Crippen LogP contribution in [0, 0.1) is 0 Å². The van der Waals surface area contributed by atoms with E-state index in [4.69, 9.17) is 10.8 Å². The van der Waals surface area contributed by atoms with Crippen molar-refractivity contribution < 1.29 is 14.7 Å². The number of anilines is 1. The maximum absolute atomic E-state index is 12.2. The number of amides is 1. The Bertz CT molecular complexity index is 487. The largest absolute Gasteiger partial charge is 0.481 e. The maximum atomic E-state index is 12.2. The molecule has 0 fully saturated rings. The van der Waals surface area contributed by atoms with Gasteiger partial charge in [0, 0.05) is 11.7 Å². The topological polar surface area (TPSA) is 83.6 Å². The predicted octanol–water partition coefficient (Wildman–Crippen LogP) is 0.766. The van der Waals surface area contributed by atoms with Gasteiger partial charge in [-0.3, -0.25) is 9.59 Å². The summed E-state index contributed by atoms with van der Waals surface area (Å²) in [6.07, 6.45) is 0.436. The van der Waals surface area contributed by atoms with Gasteiger partial charge in [-0.2, -0.15) is 0 Å². The molecule has 0 spiro atoms. The van der Waals surface area contributed by atoms with Crippen LogP contribution in [-0.4, -0.2) is 29.1 Å². The minimum atomic E-state index is -1.06. The van der Waals surface area contributed by atoms with Crippen LogP contribution < -0.4 is 10.6 Å². The molecule has 1 aromatic rings. The maximum Gasteiger partial charge on any atom is 0.305 e. The van der Waals surface area contributed by atoms with E-state index in [0.29, 0.717) is 0 Å². The number of fused-ring (bicyclic) bond motifs is 1. The van der Waals surface area contributed by atoms with Crippen molar-refractivity contribution in [1.82, 2.24) is 0 Å². The molecule has 96 valence electrons. The van der Waals surface area contributed by atoms with Gasteiger partial charge < -0.3 is 15.7 Å². The van der Waals surface area contributed by atoms with Gasteiger partial charge in [-0.15, -0.1) is 0 Å². The zero-order valence-electron chi connectivity index (χ0n) is 10.2. The minimum Gasteiger partial charge on any atom is -0.481 e. The number of para-hydroxylation sites is 1. The summed E-state index contributed by atoms with van der Waals surface area (Å²) in [5, 5.41) is 8.69. The van der Waals surface area contributed by atoms with Crippen LogP contribution >= 0.6 is 0 Å². The molecule has 3 N–H and O–H groups in total. The summed E-state index contributed by atoms with van der Waals surface area (Å²) >= 11 is 0. The van der Waals surface area contributed by atoms with Crippen molar-refractivity contribution in [2.24, 2.45) is 5.73 Å². The van der Waals surface area contributed by atoms with Crippen LogP contribution in [0.1, 0.15) is 18.9 Å². The molecule has 1 amide bonds. The van der Waals surface area contributed by atoms with E-state index in [1.807, 2.05) is 31.2 Å². The van der Waals surface area contributed by atoms with Gasteiger partial charge in [-0.1, -0.05) is 18.2 Å². The molecule has 0 aromatic heterocycles. The number of carboxylic acids is 1. The van der Waals surface area contributed by atoms with Crippen LogP contribution in [0.5, 0.6) is 0 Å². The number of aliphatic carboxylic acids is 1. The van der Waals surface area contributed by atoms with Crippen molar-refractivity contribution in [3.05, 3.63) is 29.8 Å². The van der Waals surface area contributed by atoms with Gasteiger partial charge in [0.2, 0.25) is 5.91 Å². The number of hydrogen-bond donors (Lipinski definition) is 2. The molecule has 5 nitrogen and oxygen atoms in total. The average molecular weight is 248 g/mol. The second kappa shape index (κ2) is 4.78. The van der Waals surface area contributed by atoms with E-state index in [1.165, 1.54) is 0 Å². The molecule has 0 saturated carbocycles. The number of benzene rings is 1. The number of carbonyl (C=O) groups excluding carboxylic acids is 1. The third-order valence-corrected chi connectivity index (χ3v) is 3.16. The van der Waals surface area contributed by atoms with E-state index < -0.39 is 12.0 Å². The van der Waals surface area contributed by atoms with Crippen molar-refractivity contribution >= 4 is 17.6 Å². The molecule has 1 aliphatic rings. The van der Waals surface area contributed by atoms with Gasteiger partial charge in [0.05, 0.1) is 12.5 Å². The highest BCUT2D eigenvalue weighted by molar-refractivity contribution is 6.00. The molecule has 2 atom stereocenters. The van der Waals surface area contributed by atoms with Gasteiger partial charge in [0.1, 0.15) is 0 Å². The van der Waals surface area contributed by atoms with Crippen LogP contribution in [0.3, 0.4) is 0 Å². The normalized spacial score (nSPS) is 19.4. The first-order valence-electron chi connectivity index (χ1n) is 5.89. The lowest BCUT2D eigenvalue weighted by Crippen LogP contribution is -2.47. The lowest BCUT2D eigenvalue weighted by molar-refractivity contribution is -0.139. The fourth-order valence-corrected chi connectivity index (χ4v) is 2.36. The Morgan fingerprint density at radius 2 is 2.17 bits per heavy atom. The van der Waals surface area contributed by atoms with E-state index in [1.54, 1.807) is 4.90 Å². The van der Waals surface area contributed by atoms with Gasteiger partial charge in [-0.05, 0) is 25.0 Å². The summed E-state index contributed by atoms with van der Waals surface area (Å²) < 4.78 is 0. The second-order valence-electron chi connectivity index (χ2n) is 4.59. The highest BCUT2D eigenvalue weighted by Crippen LogP contribution is 2.32. The first-order valence-corrected chi connectivity index (χ1v) is 5.89. The predicted molar refractivity (Wildman–Crippen MR) is 67.3 cm³/mol. The standard InChI is InChI=1S/C13H16N2O3/c1-8-6-9-4-2-3-5-11(9)15(8)13(18)10(14)7-12(16)17/h2-5,8,10H,6-7,14H2,1H3,(H,16,17). The van der Waals surface area contributed by atoms with Crippen molar-refractivity contribution in [3.8, 4) is 0 Å². The first-order chi connectivity index (χ1) is 8.50. The van der Waals surface area contributed by atoms with Crippen LogP contribution in [-0.2, 0) is 16.0 Å². The molecule has 2 rings (SSSR count). The fourth-order valence-electron chi connectivity index (χ4n) is 2.36. The van der Waals surface area contributed by atoms with Crippen molar-refractivity contribution in [3.63, 3.8) is 0 Å². The summed E-state index contributed by atoms with van der Waals surface area (Å²) in [7, 11) is 0. The Hall–Kier alpha value is -1.88. The highest BCUT2D eigenvalue weighted by atomic mass is 16.4. The molecule has 0 saturated heterocycles. The van der Waals surface area contributed by atoms with E-state index >= 15 is 0 Å². The van der Waals surface area contributed by atoms with Crippen LogP contribution in [0.2, 0.25) is 0 Å². The molecule has 5 heteroatoms. The van der Waals surface area contributed by atoms with E-state index in [9.17, 15) is 9.59 Å². The van der Waals surface area contributed by atoms with Gasteiger partial charge in [0.15, 0.2) is 0 Å². The van der Waals surface area contributed by atoms with E-state index in [-0.39, 0.29) is 18.4 Å². The van der Waals surface area contributed by atoms with Crippen molar-refractivity contribution in [2.75, 3.05) is 4.90 Å².